The second-order valence-corrected chi connectivity index (χ2v) is 5.92. The van der Waals surface area contributed by atoms with E-state index in [4.69, 9.17) is 4.74 Å². The van der Waals surface area contributed by atoms with Gasteiger partial charge in [-0.05, 0) is 32.9 Å². The monoisotopic (exact) mass is 262 g/mol. The molecule has 2 rings (SSSR count). The predicted octanol–water partition coefficient (Wildman–Crippen LogP) is 2.45. The van der Waals surface area contributed by atoms with E-state index >= 15 is 0 Å². The number of ether oxygens (including phenoxy) is 1. The Hall–Kier alpha value is -0.900. The highest BCUT2D eigenvalue weighted by atomic mass is 16.5. The number of benzene rings is 1. The van der Waals surface area contributed by atoms with E-state index in [1.54, 1.807) is 0 Å². The van der Waals surface area contributed by atoms with Crippen LogP contribution in [0.15, 0.2) is 30.3 Å². The van der Waals surface area contributed by atoms with Crippen LogP contribution < -0.4 is 5.32 Å². The van der Waals surface area contributed by atoms with Gasteiger partial charge in [-0.1, -0.05) is 30.3 Å². The molecular weight excluding hydrogens is 236 g/mol. The number of rotatable bonds is 5. The summed E-state index contributed by atoms with van der Waals surface area (Å²) < 4.78 is 5.76. The van der Waals surface area contributed by atoms with E-state index < -0.39 is 0 Å². The van der Waals surface area contributed by atoms with E-state index in [1.807, 2.05) is 7.05 Å². The maximum Gasteiger partial charge on any atom is 0.0753 e. The number of hydrogen-bond acceptors (Lipinski definition) is 3. The molecule has 1 heterocycles. The topological polar surface area (TPSA) is 24.5 Å². The van der Waals surface area contributed by atoms with Gasteiger partial charge in [0.15, 0.2) is 0 Å². The minimum absolute atomic E-state index is 0.000136. The Balaban J connectivity index is 1.87. The third kappa shape index (κ3) is 4.30. The Morgan fingerprint density at radius 1 is 1.32 bits per heavy atom. The molecule has 3 nitrogen and oxygen atoms in total. The van der Waals surface area contributed by atoms with E-state index in [9.17, 15) is 0 Å². The molecule has 0 saturated carbocycles. The van der Waals surface area contributed by atoms with Crippen molar-refractivity contribution in [2.24, 2.45) is 0 Å². The summed E-state index contributed by atoms with van der Waals surface area (Å²) in [6, 6.07) is 11.1. The lowest BCUT2D eigenvalue weighted by atomic mass is 10.0. The van der Waals surface area contributed by atoms with Crippen molar-refractivity contribution in [3.8, 4) is 0 Å². The van der Waals surface area contributed by atoms with Crippen LogP contribution in [0.25, 0.3) is 0 Å². The van der Waals surface area contributed by atoms with E-state index in [0.29, 0.717) is 6.04 Å². The summed E-state index contributed by atoms with van der Waals surface area (Å²) in [6.45, 7) is 8.39. The SMILES string of the molecule is CNC(CCN1CCOC(C)(C)C1)c1ccccc1. The molecule has 1 N–H and O–H groups in total. The van der Waals surface area contributed by atoms with Crippen molar-refractivity contribution in [2.45, 2.75) is 31.9 Å². The summed E-state index contributed by atoms with van der Waals surface area (Å²) in [4.78, 5) is 2.51. The molecule has 1 aromatic rings. The van der Waals surface area contributed by atoms with Gasteiger partial charge in [-0.2, -0.15) is 0 Å². The van der Waals surface area contributed by atoms with Crippen molar-refractivity contribution < 1.29 is 4.74 Å². The fourth-order valence-electron chi connectivity index (χ4n) is 2.78. The zero-order valence-electron chi connectivity index (χ0n) is 12.4. The normalized spacial score (nSPS) is 21.2. The molecule has 106 valence electrons. The first-order chi connectivity index (χ1) is 9.11. The molecule has 1 saturated heterocycles. The average Bonchev–Trinajstić information content (AvgIpc) is 2.39. The second-order valence-electron chi connectivity index (χ2n) is 5.92. The van der Waals surface area contributed by atoms with Crippen molar-refractivity contribution in [2.75, 3.05) is 33.3 Å². The molecule has 0 bridgehead atoms. The Labute approximate surface area is 116 Å². The highest BCUT2D eigenvalue weighted by Crippen LogP contribution is 2.20. The summed E-state index contributed by atoms with van der Waals surface area (Å²) in [7, 11) is 2.04. The molecule has 0 aliphatic carbocycles. The van der Waals surface area contributed by atoms with Crippen LogP contribution in [0.3, 0.4) is 0 Å². The van der Waals surface area contributed by atoms with Gasteiger partial charge in [0.2, 0.25) is 0 Å². The molecule has 0 spiro atoms. The maximum absolute atomic E-state index is 5.76. The first kappa shape index (κ1) is 14.5. The van der Waals surface area contributed by atoms with Crippen LogP contribution in [0.2, 0.25) is 0 Å². The summed E-state index contributed by atoms with van der Waals surface area (Å²) in [5.74, 6) is 0. The number of nitrogens with zero attached hydrogens (tertiary/aromatic N) is 1. The molecular formula is C16H26N2O. The second kappa shape index (κ2) is 6.51. The molecule has 1 unspecified atom stereocenters. The molecule has 0 amide bonds. The van der Waals surface area contributed by atoms with Gasteiger partial charge in [0.05, 0.1) is 12.2 Å². The van der Waals surface area contributed by atoms with Crippen LogP contribution in [0.1, 0.15) is 31.9 Å². The van der Waals surface area contributed by atoms with Gasteiger partial charge in [0.25, 0.3) is 0 Å². The summed E-state index contributed by atoms with van der Waals surface area (Å²) in [5, 5.41) is 3.42. The average molecular weight is 262 g/mol. The molecule has 3 heteroatoms. The molecule has 19 heavy (non-hydrogen) atoms. The highest BCUT2D eigenvalue weighted by molar-refractivity contribution is 5.18. The van der Waals surface area contributed by atoms with Gasteiger partial charge in [-0.15, -0.1) is 0 Å². The van der Waals surface area contributed by atoms with Crippen LogP contribution in [-0.2, 0) is 4.74 Å². The van der Waals surface area contributed by atoms with Crippen LogP contribution >= 0.6 is 0 Å². The zero-order valence-corrected chi connectivity index (χ0v) is 12.4. The third-order valence-corrected chi connectivity index (χ3v) is 3.79. The van der Waals surface area contributed by atoms with Crippen LogP contribution in [0, 0.1) is 0 Å². The Kier molecular flexibility index (Phi) is 4.97. The van der Waals surface area contributed by atoms with Crippen LogP contribution in [0.5, 0.6) is 0 Å². The largest absolute Gasteiger partial charge is 0.373 e. The molecule has 1 aromatic carbocycles. The van der Waals surface area contributed by atoms with E-state index in [-0.39, 0.29) is 5.60 Å². The fourth-order valence-corrected chi connectivity index (χ4v) is 2.78. The Morgan fingerprint density at radius 3 is 2.68 bits per heavy atom. The summed E-state index contributed by atoms with van der Waals surface area (Å²) in [5.41, 5.74) is 1.37. The summed E-state index contributed by atoms with van der Waals surface area (Å²) >= 11 is 0. The first-order valence-corrected chi connectivity index (χ1v) is 7.19. The Morgan fingerprint density at radius 2 is 2.05 bits per heavy atom. The summed E-state index contributed by atoms with van der Waals surface area (Å²) in [6.07, 6.45) is 1.14. The third-order valence-electron chi connectivity index (χ3n) is 3.79. The zero-order chi connectivity index (χ0) is 13.7. The standard InChI is InChI=1S/C16H26N2O/c1-16(2)13-18(11-12-19-16)10-9-15(17-3)14-7-5-4-6-8-14/h4-8,15,17H,9-13H2,1-3H3. The molecule has 1 atom stereocenters. The Bertz CT molecular complexity index is 378. The lowest BCUT2D eigenvalue weighted by molar-refractivity contribution is -0.0864. The molecule has 0 radical (unpaired) electrons. The van der Waals surface area contributed by atoms with E-state index in [0.717, 1.165) is 32.7 Å². The molecule has 1 fully saturated rings. The predicted molar refractivity (Wildman–Crippen MR) is 79.3 cm³/mol. The van der Waals surface area contributed by atoms with Gasteiger partial charge in [0, 0.05) is 25.7 Å². The molecule has 1 aliphatic rings. The van der Waals surface area contributed by atoms with Crippen molar-refractivity contribution >= 4 is 0 Å². The van der Waals surface area contributed by atoms with Crippen molar-refractivity contribution in [3.05, 3.63) is 35.9 Å². The van der Waals surface area contributed by atoms with Gasteiger partial charge in [0.1, 0.15) is 0 Å². The fraction of sp³-hybridized carbons (Fsp3) is 0.625. The van der Waals surface area contributed by atoms with Gasteiger partial charge in [-0.25, -0.2) is 0 Å². The van der Waals surface area contributed by atoms with Crippen molar-refractivity contribution in [1.29, 1.82) is 0 Å². The lowest BCUT2D eigenvalue weighted by Gasteiger charge is -2.38. The minimum Gasteiger partial charge on any atom is -0.373 e. The molecule has 0 aromatic heterocycles. The number of nitrogens with one attached hydrogen (secondary N) is 1. The quantitative estimate of drug-likeness (QED) is 0.882. The highest BCUT2D eigenvalue weighted by Gasteiger charge is 2.27. The van der Waals surface area contributed by atoms with Crippen LogP contribution in [-0.4, -0.2) is 43.8 Å². The lowest BCUT2D eigenvalue weighted by Crippen LogP contribution is -2.48. The van der Waals surface area contributed by atoms with Crippen molar-refractivity contribution in [3.63, 3.8) is 0 Å². The smallest absolute Gasteiger partial charge is 0.0753 e. The van der Waals surface area contributed by atoms with Gasteiger partial charge >= 0.3 is 0 Å². The van der Waals surface area contributed by atoms with Gasteiger partial charge < -0.3 is 10.1 Å². The minimum atomic E-state index is 0.000136. The van der Waals surface area contributed by atoms with Crippen molar-refractivity contribution in [1.82, 2.24) is 10.2 Å². The van der Waals surface area contributed by atoms with Gasteiger partial charge in [-0.3, -0.25) is 4.90 Å². The van der Waals surface area contributed by atoms with E-state index in [2.05, 4.69) is 54.4 Å². The molecule has 1 aliphatic heterocycles. The first-order valence-electron chi connectivity index (χ1n) is 7.19. The number of hydrogen-bond donors (Lipinski definition) is 1. The maximum atomic E-state index is 5.76. The van der Waals surface area contributed by atoms with Crippen LogP contribution in [0.4, 0.5) is 0 Å². The van der Waals surface area contributed by atoms with E-state index in [1.165, 1.54) is 5.56 Å². The number of morpholine rings is 1.